The van der Waals surface area contributed by atoms with Gasteiger partial charge >= 0.3 is 6.09 Å². The minimum absolute atomic E-state index is 0.200. The van der Waals surface area contributed by atoms with Crippen molar-refractivity contribution in [1.82, 2.24) is 4.90 Å². The highest BCUT2D eigenvalue weighted by Crippen LogP contribution is 2.35. The Bertz CT molecular complexity index is 330. The van der Waals surface area contributed by atoms with Crippen molar-refractivity contribution in [3.63, 3.8) is 0 Å². The Morgan fingerprint density at radius 1 is 1.50 bits per heavy atom. The maximum absolute atomic E-state index is 11.8. The van der Waals surface area contributed by atoms with Crippen LogP contribution in [0.1, 0.15) is 27.2 Å². The van der Waals surface area contributed by atoms with Crippen LogP contribution in [0.15, 0.2) is 11.8 Å². The van der Waals surface area contributed by atoms with E-state index in [1.54, 1.807) is 4.90 Å². The van der Waals surface area contributed by atoms with Gasteiger partial charge in [0.05, 0.1) is 0 Å². The molecule has 0 aromatic heterocycles. The first-order valence-corrected chi connectivity index (χ1v) is 5.79. The van der Waals surface area contributed by atoms with E-state index < -0.39 is 5.60 Å². The number of likely N-dealkylation sites (tertiary alicyclic amines) is 1. The van der Waals surface area contributed by atoms with Crippen LogP contribution >= 0.6 is 0 Å². The molecule has 0 bridgehead atoms. The van der Waals surface area contributed by atoms with E-state index in [0.717, 1.165) is 25.2 Å². The van der Waals surface area contributed by atoms with Gasteiger partial charge in [0.1, 0.15) is 5.60 Å². The van der Waals surface area contributed by atoms with Gasteiger partial charge in [0.2, 0.25) is 0 Å². The summed E-state index contributed by atoms with van der Waals surface area (Å²) >= 11 is 0. The molecule has 1 aliphatic heterocycles. The van der Waals surface area contributed by atoms with Gasteiger partial charge in [-0.3, -0.25) is 0 Å². The first kappa shape index (κ1) is 11.3. The molecule has 0 spiro atoms. The Hall–Kier alpha value is -1.19. The highest BCUT2D eigenvalue weighted by atomic mass is 16.6. The molecule has 4 nitrogen and oxygen atoms in total. The van der Waals surface area contributed by atoms with Crippen LogP contribution in [-0.4, -0.2) is 29.7 Å². The topological polar surface area (TPSA) is 55.6 Å². The van der Waals surface area contributed by atoms with Crippen LogP contribution < -0.4 is 5.73 Å². The number of ether oxygens (including phenoxy) is 1. The molecule has 0 aromatic rings. The molecule has 2 rings (SSSR count). The zero-order valence-corrected chi connectivity index (χ0v) is 10.2. The Labute approximate surface area is 96.4 Å². The van der Waals surface area contributed by atoms with Gasteiger partial charge < -0.3 is 15.4 Å². The molecular weight excluding hydrogens is 204 g/mol. The molecule has 1 amide bonds. The number of rotatable bonds is 0. The molecule has 1 fully saturated rings. The molecule has 16 heavy (non-hydrogen) atoms. The van der Waals surface area contributed by atoms with Gasteiger partial charge in [-0.2, -0.15) is 0 Å². The molecule has 0 unspecified atom stereocenters. The number of nitrogens with two attached hydrogens (primary N) is 1. The molecular formula is C12H20N2O2. The van der Waals surface area contributed by atoms with Crippen molar-refractivity contribution >= 4 is 6.09 Å². The fraction of sp³-hybridized carbons (Fsp3) is 0.750. The Balaban J connectivity index is 1.93. The lowest BCUT2D eigenvalue weighted by Gasteiger charge is -2.24. The maximum Gasteiger partial charge on any atom is 0.410 e. The van der Waals surface area contributed by atoms with E-state index in [1.165, 1.54) is 0 Å². The summed E-state index contributed by atoms with van der Waals surface area (Å²) in [4.78, 5) is 13.6. The lowest BCUT2D eigenvalue weighted by Crippen LogP contribution is -2.35. The molecule has 1 heterocycles. The molecule has 1 saturated heterocycles. The highest BCUT2D eigenvalue weighted by Gasteiger charge is 2.38. The largest absolute Gasteiger partial charge is 0.444 e. The van der Waals surface area contributed by atoms with Crippen LogP contribution in [0.4, 0.5) is 4.79 Å². The van der Waals surface area contributed by atoms with E-state index >= 15 is 0 Å². The Kier molecular flexibility index (Phi) is 2.60. The maximum atomic E-state index is 11.8. The molecule has 90 valence electrons. The standard InChI is InChI=1S/C12H20N2O2/c1-12(2,3)16-11(15)14-6-8-4-10(13)5-9(8)7-14/h4,8-9H,5-7,13H2,1-3H3/t8-,9-/m0/s1. The Morgan fingerprint density at radius 2 is 2.19 bits per heavy atom. The first-order valence-electron chi connectivity index (χ1n) is 5.79. The predicted molar refractivity (Wildman–Crippen MR) is 61.7 cm³/mol. The summed E-state index contributed by atoms with van der Waals surface area (Å²) in [5, 5.41) is 0. The van der Waals surface area contributed by atoms with E-state index in [0.29, 0.717) is 11.8 Å². The molecule has 2 atom stereocenters. The van der Waals surface area contributed by atoms with Crippen molar-refractivity contribution in [3.05, 3.63) is 11.8 Å². The normalized spacial score (nSPS) is 28.9. The molecule has 0 saturated carbocycles. The lowest BCUT2D eigenvalue weighted by atomic mass is 10.0. The second-order valence-corrected chi connectivity index (χ2v) is 5.75. The van der Waals surface area contributed by atoms with Crippen molar-refractivity contribution in [2.75, 3.05) is 13.1 Å². The summed E-state index contributed by atoms with van der Waals surface area (Å²) in [7, 11) is 0. The highest BCUT2D eigenvalue weighted by molar-refractivity contribution is 5.68. The number of carbonyl (C=O) groups is 1. The van der Waals surface area contributed by atoms with E-state index in [9.17, 15) is 4.79 Å². The smallest absolute Gasteiger partial charge is 0.410 e. The minimum atomic E-state index is -0.413. The van der Waals surface area contributed by atoms with E-state index in [1.807, 2.05) is 20.8 Å². The van der Waals surface area contributed by atoms with E-state index in [-0.39, 0.29) is 6.09 Å². The molecule has 2 aliphatic rings. The van der Waals surface area contributed by atoms with Gasteiger partial charge in [0, 0.05) is 24.7 Å². The second kappa shape index (κ2) is 3.68. The van der Waals surface area contributed by atoms with Crippen LogP contribution in [0, 0.1) is 11.8 Å². The number of hydrogen-bond acceptors (Lipinski definition) is 3. The molecule has 2 N–H and O–H groups in total. The van der Waals surface area contributed by atoms with Crippen molar-refractivity contribution < 1.29 is 9.53 Å². The van der Waals surface area contributed by atoms with Crippen LogP contribution in [0.3, 0.4) is 0 Å². The van der Waals surface area contributed by atoms with Gasteiger partial charge in [-0.05, 0) is 33.1 Å². The van der Waals surface area contributed by atoms with Gasteiger partial charge in [0.25, 0.3) is 0 Å². The molecule has 0 aromatic carbocycles. The lowest BCUT2D eigenvalue weighted by molar-refractivity contribution is 0.0285. The summed E-state index contributed by atoms with van der Waals surface area (Å²) in [6, 6.07) is 0. The third-order valence-corrected chi connectivity index (χ3v) is 3.07. The van der Waals surface area contributed by atoms with Crippen molar-refractivity contribution in [3.8, 4) is 0 Å². The fourth-order valence-electron chi connectivity index (χ4n) is 2.42. The minimum Gasteiger partial charge on any atom is -0.444 e. The van der Waals surface area contributed by atoms with Crippen LogP contribution in [0.25, 0.3) is 0 Å². The zero-order valence-electron chi connectivity index (χ0n) is 10.2. The van der Waals surface area contributed by atoms with E-state index in [2.05, 4.69) is 6.08 Å². The van der Waals surface area contributed by atoms with Crippen molar-refractivity contribution in [1.29, 1.82) is 0 Å². The van der Waals surface area contributed by atoms with Crippen LogP contribution in [0.5, 0.6) is 0 Å². The summed E-state index contributed by atoms with van der Waals surface area (Å²) in [6.45, 7) is 7.19. The number of fused-ring (bicyclic) bond motifs is 1. The number of hydrogen-bond donors (Lipinski definition) is 1. The summed E-state index contributed by atoms with van der Waals surface area (Å²) in [5.74, 6) is 0.944. The SMILES string of the molecule is CC(C)(C)OC(=O)N1C[C@@H]2CC(N)=C[C@H]2C1. The molecule has 4 heteroatoms. The number of allylic oxidation sites excluding steroid dienone is 1. The van der Waals surface area contributed by atoms with Gasteiger partial charge in [-0.15, -0.1) is 0 Å². The Morgan fingerprint density at radius 3 is 2.75 bits per heavy atom. The quantitative estimate of drug-likeness (QED) is 0.681. The van der Waals surface area contributed by atoms with Gasteiger partial charge in [0.15, 0.2) is 0 Å². The average Bonchev–Trinajstić information content (AvgIpc) is 2.56. The summed E-state index contributed by atoms with van der Waals surface area (Å²) in [6.07, 6.45) is 2.81. The predicted octanol–water partition coefficient (Wildman–Crippen LogP) is 1.72. The summed E-state index contributed by atoms with van der Waals surface area (Å²) < 4.78 is 5.35. The number of nitrogens with zero attached hydrogens (tertiary/aromatic N) is 1. The zero-order chi connectivity index (χ0) is 11.9. The second-order valence-electron chi connectivity index (χ2n) is 5.75. The molecule has 0 radical (unpaired) electrons. The average molecular weight is 224 g/mol. The number of carbonyl (C=O) groups excluding carboxylic acids is 1. The van der Waals surface area contributed by atoms with Crippen molar-refractivity contribution in [2.24, 2.45) is 17.6 Å². The number of amides is 1. The van der Waals surface area contributed by atoms with Gasteiger partial charge in [-0.25, -0.2) is 4.79 Å². The monoisotopic (exact) mass is 224 g/mol. The van der Waals surface area contributed by atoms with E-state index in [4.69, 9.17) is 10.5 Å². The third-order valence-electron chi connectivity index (χ3n) is 3.07. The fourth-order valence-corrected chi connectivity index (χ4v) is 2.42. The van der Waals surface area contributed by atoms with Crippen LogP contribution in [-0.2, 0) is 4.74 Å². The molecule has 1 aliphatic carbocycles. The van der Waals surface area contributed by atoms with Gasteiger partial charge in [-0.1, -0.05) is 6.08 Å². The first-order chi connectivity index (χ1) is 7.35. The van der Waals surface area contributed by atoms with Crippen molar-refractivity contribution in [2.45, 2.75) is 32.8 Å². The summed E-state index contributed by atoms with van der Waals surface area (Å²) in [5.41, 5.74) is 6.33. The van der Waals surface area contributed by atoms with Crippen LogP contribution in [0.2, 0.25) is 0 Å². The third kappa shape index (κ3) is 2.31.